The van der Waals surface area contributed by atoms with Crippen LogP contribution >= 0.6 is 27.3 Å². The van der Waals surface area contributed by atoms with Crippen molar-refractivity contribution in [3.63, 3.8) is 0 Å². The fourth-order valence-corrected chi connectivity index (χ4v) is 3.55. The molecule has 0 aliphatic carbocycles. The summed E-state index contributed by atoms with van der Waals surface area (Å²) in [6.07, 6.45) is 0. The van der Waals surface area contributed by atoms with E-state index in [4.69, 9.17) is 0 Å². The average Bonchev–Trinajstić information content (AvgIpc) is 2.79. The van der Waals surface area contributed by atoms with E-state index in [1.807, 2.05) is 11.3 Å². The number of thiophene rings is 1. The van der Waals surface area contributed by atoms with Crippen molar-refractivity contribution >= 4 is 27.3 Å². The number of benzene rings is 1. The molecule has 102 valence electrons. The van der Waals surface area contributed by atoms with Crippen LogP contribution in [-0.4, -0.2) is 6.54 Å². The summed E-state index contributed by atoms with van der Waals surface area (Å²) in [5, 5.41) is 3.60. The van der Waals surface area contributed by atoms with E-state index in [9.17, 15) is 0 Å². The van der Waals surface area contributed by atoms with Gasteiger partial charge in [0.25, 0.3) is 0 Å². The Hall–Kier alpha value is -0.640. The Labute approximate surface area is 128 Å². The zero-order valence-electron chi connectivity index (χ0n) is 11.9. The highest BCUT2D eigenvalue weighted by Crippen LogP contribution is 2.32. The van der Waals surface area contributed by atoms with E-state index in [2.05, 4.69) is 73.2 Å². The molecule has 2 aromatic rings. The molecule has 0 aliphatic rings. The molecule has 0 radical (unpaired) electrons. The van der Waals surface area contributed by atoms with Gasteiger partial charge in [0, 0.05) is 14.2 Å². The summed E-state index contributed by atoms with van der Waals surface area (Å²) in [4.78, 5) is 2.75. The van der Waals surface area contributed by atoms with Gasteiger partial charge in [-0.15, -0.1) is 11.3 Å². The predicted octanol–water partition coefficient (Wildman–Crippen LogP) is 5.13. The Bertz CT molecular complexity index is 551. The van der Waals surface area contributed by atoms with Gasteiger partial charge < -0.3 is 5.32 Å². The second-order valence-corrected chi connectivity index (χ2v) is 7.02. The first-order chi connectivity index (χ1) is 9.02. The van der Waals surface area contributed by atoms with Crippen molar-refractivity contribution in [2.24, 2.45) is 0 Å². The van der Waals surface area contributed by atoms with Crippen LogP contribution in [0.3, 0.4) is 0 Å². The second-order valence-electron chi connectivity index (χ2n) is 4.91. The Balaban J connectivity index is 2.44. The first-order valence-corrected chi connectivity index (χ1v) is 8.20. The molecule has 1 aromatic heterocycles. The van der Waals surface area contributed by atoms with Crippen LogP contribution in [0.2, 0.25) is 0 Å². The lowest BCUT2D eigenvalue weighted by atomic mass is 10.00. The lowest BCUT2D eigenvalue weighted by Gasteiger charge is -2.19. The summed E-state index contributed by atoms with van der Waals surface area (Å²) in [7, 11) is 0. The maximum absolute atomic E-state index is 3.64. The van der Waals surface area contributed by atoms with Crippen molar-refractivity contribution < 1.29 is 0 Å². The van der Waals surface area contributed by atoms with E-state index in [1.54, 1.807) is 0 Å². The van der Waals surface area contributed by atoms with Gasteiger partial charge in [0.15, 0.2) is 0 Å². The van der Waals surface area contributed by atoms with Crippen LogP contribution in [0.5, 0.6) is 0 Å². The van der Waals surface area contributed by atoms with Crippen LogP contribution in [0.25, 0.3) is 0 Å². The monoisotopic (exact) mass is 337 g/mol. The average molecular weight is 338 g/mol. The highest BCUT2D eigenvalue weighted by atomic mass is 79.9. The largest absolute Gasteiger partial charge is 0.306 e. The third-order valence-corrected chi connectivity index (χ3v) is 5.56. The Kier molecular flexibility index (Phi) is 4.82. The molecule has 0 saturated carbocycles. The minimum Gasteiger partial charge on any atom is -0.306 e. The first-order valence-electron chi connectivity index (χ1n) is 6.59. The molecule has 0 saturated heterocycles. The molecule has 19 heavy (non-hydrogen) atoms. The lowest BCUT2D eigenvalue weighted by molar-refractivity contribution is 0.639. The highest BCUT2D eigenvalue weighted by Gasteiger charge is 2.16. The van der Waals surface area contributed by atoms with Crippen molar-refractivity contribution in [2.45, 2.75) is 33.7 Å². The summed E-state index contributed by atoms with van der Waals surface area (Å²) in [5.41, 5.74) is 3.94. The standard InChI is InChI=1S/C16H20BrNS/c1-5-18-16(14-7-6-12(4)19-14)13-8-10(2)15(17)11(3)9-13/h6-9,16,18H,5H2,1-4H3. The van der Waals surface area contributed by atoms with Gasteiger partial charge in [-0.1, -0.05) is 35.0 Å². The highest BCUT2D eigenvalue weighted by molar-refractivity contribution is 9.10. The second kappa shape index (κ2) is 6.21. The summed E-state index contributed by atoms with van der Waals surface area (Å²) >= 11 is 5.52. The Morgan fingerprint density at radius 3 is 2.26 bits per heavy atom. The number of rotatable bonds is 4. The van der Waals surface area contributed by atoms with Crippen LogP contribution in [0.1, 0.15) is 39.4 Å². The van der Waals surface area contributed by atoms with Crippen molar-refractivity contribution in [1.82, 2.24) is 5.32 Å². The SMILES string of the molecule is CCNC(c1cc(C)c(Br)c(C)c1)c1ccc(C)s1. The summed E-state index contributed by atoms with van der Waals surface area (Å²) < 4.78 is 1.22. The van der Waals surface area contributed by atoms with Gasteiger partial charge in [-0.25, -0.2) is 0 Å². The van der Waals surface area contributed by atoms with Gasteiger partial charge >= 0.3 is 0 Å². The molecule has 0 fully saturated rings. The van der Waals surface area contributed by atoms with E-state index in [0.29, 0.717) is 6.04 Å². The zero-order valence-corrected chi connectivity index (χ0v) is 14.3. The van der Waals surface area contributed by atoms with Gasteiger partial charge in [-0.2, -0.15) is 0 Å². The number of hydrogen-bond acceptors (Lipinski definition) is 2. The van der Waals surface area contributed by atoms with E-state index in [1.165, 1.54) is 30.9 Å². The van der Waals surface area contributed by atoms with Crippen LogP contribution < -0.4 is 5.32 Å². The van der Waals surface area contributed by atoms with E-state index in [0.717, 1.165) is 6.54 Å². The van der Waals surface area contributed by atoms with Crippen LogP contribution in [0.15, 0.2) is 28.7 Å². The zero-order chi connectivity index (χ0) is 14.0. The van der Waals surface area contributed by atoms with Crippen molar-refractivity contribution in [2.75, 3.05) is 6.54 Å². The number of aryl methyl sites for hydroxylation is 3. The molecule has 1 aromatic carbocycles. The number of nitrogens with one attached hydrogen (secondary N) is 1. The van der Waals surface area contributed by atoms with Crippen LogP contribution in [0, 0.1) is 20.8 Å². The Morgan fingerprint density at radius 2 is 1.79 bits per heavy atom. The molecule has 1 unspecified atom stereocenters. The quantitative estimate of drug-likeness (QED) is 0.814. The number of halogens is 1. The van der Waals surface area contributed by atoms with Gasteiger partial charge in [0.05, 0.1) is 6.04 Å². The molecule has 0 bridgehead atoms. The fourth-order valence-electron chi connectivity index (χ4n) is 2.34. The molecule has 3 heteroatoms. The summed E-state index contributed by atoms with van der Waals surface area (Å²) in [5.74, 6) is 0. The van der Waals surface area contributed by atoms with Crippen LogP contribution in [-0.2, 0) is 0 Å². The molecule has 1 nitrogen and oxygen atoms in total. The van der Waals surface area contributed by atoms with Gasteiger partial charge in [0.1, 0.15) is 0 Å². The maximum atomic E-state index is 3.64. The smallest absolute Gasteiger partial charge is 0.0671 e. The molecule has 1 heterocycles. The lowest BCUT2D eigenvalue weighted by Crippen LogP contribution is -2.21. The molecule has 0 spiro atoms. The van der Waals surface area contributed by atoms with Gasteiger partial charge in [-0.05, 0) is 56.1 Å². The topological polar surface area (TPSA) is 12.0 Å². The first kappa shape index (κ1) is 14.8. The van der Waals surface area contributed by atoms with Gasteiger partial charge in [-0.3, -0.25) is 0 Å². The fraction of sp³-hybridized carbons (Fsp3) is 0.375. The van der Waals surface area contributed by atoms with E-state index < -0.39 is 0 Å². The molecular weight excluding hydrogens is 318 g/mol. The maximum Gasteiger partial charge on any atom is 0.0671 e. The molecular formula is C16H20BrNS. The minimum absolute atomic E-state index is 0.300. The van der Waals surface area contributed by atoms with Gasteiger partial charge in [0.2, 0.25) is 0 Å². The summed E-state index contributed by atoms with van der Waals surface area (Å²) in [6, 6.07) is 9.29. The van der Waals surface area contributed by atoms with Crippen LogP contribution in [0.4, 0.5) is 0 Å². The van der Waals surface area contributed by atoms with Crippen molar-refractivity contribution in [3.05, 3.63) is 55.2 Å². The molecule has 2 rings (SSSR count). The normalized spacial score (nSPS) is 12.7. The number of hydrogen-bond donors (Lipinski definition) is 1. The third-order valence-electron chi connectivity index (χ3n) is 3.25. The molecule has 0 aliphatic heterocycles. The van der Waals surface area contributed by atoms with E-state index >= 15 is 0 Å². The minimum atomic E-state index is 0.300. The molecule has 1 atom stereocenters. The third kappa shape index (κ3) is 3.28. The predicted molar refractivity (Wildman–Crippen MR) is 88.2 cm³/mol. The summed E-state index contributed by atoms with van der Waals surface area (Å²) in [6.45, 7) is 9.60. The Morgan fingerprint density at radius 1 is 1.16 bits per heavy atom. The van der Waals surface area contributed by atoms with E-state index in [-0.39, 0.29) is 0 Å². The molecule has 1 N–H and O–H groups in total. The van der Waals surface area contributed by atoms with Crippen molar-refractivity contribution in [3.8, 4) is 0 Å². The molecule has 0 amide bonds. The van der Waals surface area contributed by atoms with Crippen molar-refractivity contribution in [1.29, 1.82) is 0 Å².